The molecule has 4 aromatic rings. The molecule has 3 aromatic carbocycles. The van der Waals surface area contributed by atoms with Crippen LogP contribution in [-0.4, -0.2) is 32.7 Å². The predicted molar refractivity (Wildman–Crippen MR) is 132 cm³/mol. The number of rotatable bonds is 6. The highest BCUT2D eigenvalue weighted by Crippen LogP contribution is 2.31. The number of aromatic nitrogens is 3. The molecule has 0 aliphatic heterocycles. The number of benzene rings is 3. The van der Waals surface area contributed by atoms with Crippen molar-refractivity contribution in [3.05, 3.63) is 95.6 Å². The molecule has 7 nitrogen and oxygen atoms in total. The Morgan fingerprint density at radius 1 is 1.03 bits per heavy atom. The van der Waals surface area contributed by atoms with Gasteiger partial charge in [-0.05, 0) is 43.3 Å². The molecule has 0 bridgehead atoms. The molecule has 33 heavy (non-hydrogen) atoms. The van der Waals surface area contributed by atoms with Crippen LogP contribution in [0.3, 0.4) is 0 Å². The summed E-state index contributed by atoms with van der Waals surface area (Å²) >= 11 is 7.73. The third-order valence-corrected chi connectivity index (χ3v) is 5.80. The highest BCUT2D eigenvalue weighted by molar-refractivity contribution is 8.14. The van der Waals surface area contributed by atoms with Gasteiger partial charge in [-0.3, -0.25) is 0 Å². The van der Waals surface area contributed by atoms with E-state index < -0.39 is 5.97 Å². The standard InChI is InChI=1S/C24H20ClN5O2S/c1-2-32-23(31)21-22(30(29-28-21)18-13-7-4-8-14-18)27-24(26-17-11-5-3-6-12-17)33-20-16-10-9-15-19(20)25/h3-16H,2H2,1H3,(H,26,27). The minimum Gasteiger partial charge on any atom is -0.461 e. The molecule has 0 aliphatic rings. The van der Waals surface area contributed by atoms with Crippen molar-refractivity contribution in [3.63, 3.8) is 0 Å². The summed E-state index contributed by atoms with van der Waals surface area (Å²) in [4.78, 5) is 18.2. The Hall–Kier alpha value is -3.62. The number of ether oxygens (including phenoxy) is 1. The number of hydrogen-bond donors (Lipinski definition) is 1. The van der Waals surface area contributed by atoms with Gasteiger partial charge in [0.25, 0.3) is 0 Å². The first-order valence-electron chi connectivity index (χ1n) is 10.2. The molecule has 0 unspecified atom stereocenters. The Balaban J connectivity index is 1.83. The SMILES string of the molecule is CCOC(=O)c1nnn(-c2ccccc2)c1/N=C(/Nc1ccccc1)Sc1ccccc1Cl. The van der Waals surface area contributed by atoms with E-state index in [0.29, 0.717) is 15.9 Å². The van der Waals surface area contributed by atoms with E-state index >= 15 is 0 Å². The average Bonchev–Trinajstić information content (AvgIpc) is 3.25. The van der Waals surface area contributed by atoms with Crippen molar-refractivity contribution in [2.24, 2.45) is 4.99 Å². The van der Waals surface area contributed by atoms with Crippen LogP contribution >= 0.6 is 23.4 Å². The minimum atomic E-state index is -0.597. The lowest BCUT2D eigenvalue weighted by atomic mass is 10.3. The van der Waals surface area contributed by atoms with E-state index in [-0.39, 0.29) is 18.1 Å². The smallest absolute Gasteiger partial charge is 0.362 e. The number of thioether (sulfide) groups is 1. The van der Waals surface area contributed by atoms with Crippen LogP contribution in [0.25, 0.3) is 5.69 Å². The maximum absolute atomic E-state index is 12.6. The van der Waals surface area contributed by atoms with E-state index in [0.717, 1.165) is 10.6 Å². The summed E-state index contributed by atoms with van der Waals surface area (Å²) in [6.07, 6.45) is 0. The first kappa shape index (κ1) is 22.6. The van der Waals surface area contributed by atoms with E-state index in [1.165, 1.54) is 16.4 Å². The largest absolute Gasteiger partial charge is 0.461 e. The van der Waals surface area contributed by atoms with E-state index in [1.54, 1.807) is 6.92 Å². The molecule has 0 aliphatic carbocycles. The molecule has 0 atom stereocenters. The number of para-hydroxylation sites is 2. The van der Waals surface area contributed by atoms with Gasteiger partial charge in [-0.15, -0.1) is 5.10 Å². The van der Waals surface area contributed by atoms with Gasteiger partial charge in [-0.2, -0.15) is 4.68 Å². The average molecular weight is 478 g/mol. The minimum absolute atomic E-state index is 0.0211. The number of aliphatic imine (C=N–C) groups is 1. The zero-order chi connectivity index (χ0) is 23.0. The van der Waals surface area contributed by atoms with Crippen LogP contribution in [0.2, 0.25) is 5.02 Å². The topological polar surface area (TPSA) is 81.4 Å². The monoisotopic (exact) mass is 477 g/mol. The summed E-state index contributed by atoms with van der Waals surface area (Å²) in [7, 11) is 0. The molecule has 4 rings (SSSR count). The highest BCUT2D eigenvalue weighted by atomic mass is 35.5. The lowest BCUT2D eigenvalue weighted by Gasteiger charge is -2.12. The molecule has 1 N–H and O–H groups in total. The Kier molecular flexibility index (Phi) is 7.39. The molecular weight excluding hydrogens is 458 g/mol. The maximum Gasteiger partial charge on any atom is 0.362 e. The van der Waals surface area contributed by atoms with Crippen LogP contribution in [0.4, 0.5) is 11.5 Å². The first-order chi connectivity index (χ1) is 16.2. The second-order valence-corrected chi connectivity index (χ2v) is 8.11. The van der Waals surface area contributed by atoms with Crippen molar-refractivity contribution >= 4 is 46.0 Å². The van der Waals surface area contributed by atoms with Gasteiger partial charge in [0.15, 0.2) is 11.0 Å². The molecular formula is C24H20ClN5O2S. The highest BCUT2D eigenvalue weighted by Gasteiger charge is 2.23. The number of anilines is 1. The van der Waals surface area contributed by atoms with Crippen LogP contribution in [0.5, 0.6) is 0 Å². The molecule has 9 heteroatoms. The summed E-state index contributed by atoms with van der Waals surface area (Å²) < 4.78 is 6.69. The van der Waals surface area contributed by atoms with Gasteiger partial charge in [-0.25, -0.2) is 9.79 Å². The van der Waals surface area contributed by atoms with Gasteiger partial charge in [-0.1, -0.05) is 77.1 Å². The fourth-order valence-electron chi connectivity index (χ4n) is 2.90. The number of carbonyl (C=O) groups is 1. The Morgan fingerprint density at radius 3 is 2.39 bits per heavy atom. The number of nitrogens with zero attached hydrogens (tertiary/aromatic N) is 4. The molecule has 0 radical (unpaired) electrons. The number of hydrogen-bond acceptors (Lipinski definition) is 6. The van der Waals surface area contributed by atoms with Gasteiger partial charge in [0.05, 0.1) is 17.3 Å². The van der Waals surface area contributed by atoms with E-state index in [4.69, 9.17) is 21.3 Å². The van der Waals surface area contributed by atoms with E-state index in [9.17, 15) is 4.79 Å². The summed E-state index contributed by atoms with van der Waals surface area (Å²) in [5.74, 6) is -0.349. The van der Waals surface area contributed by atoms with Gasteiger partial charge in [0, 0.05) is 10.6 Å². The molecule has 0 saturated heterocycles. The van der Waals surface area contributed by atoms with Crippen LogP contribution in [-0.2, 0) is 4.74 Å². The summed E-state index contributed by atoms with van der Waals surface area (Å²) in [6, 6.07) is 26.4. The second-order valence-electron chi connectivity index (χ2n) is 6.67. The van der Waals surface area contributed by atoms with Crippen LogP contribution in [0.15, 0.2) is 94.8 Å². The number of esters is 1. The lowest BCUT2D eigenvalue weighted by Crippen LogP contribution is -2.10. The van der Waals surface area contributed by atoms with Crippen LogP contribution < -0.4 is 5.32 Å². The van der Waals surface area contributed by atoms with Crippen molar-refractivity contribution in [2.75, 3.05) is 11.9 Å². The Bertz CT molecular complexity index is 1260. The molecule has 1 heterocycles. The zero-order valence-corrected chi connectivity index (χ0v) is 19.3. The van der Waals surface area contributed by atoms with Gasteiger partial charge in [0.2, 0.25) is 5.69 Å². The molecule has 0 saturated carbocycles. The third kappa shape index (κ3) is 5.60. The van der Waals surface area contributed by atoms with Gasteiger partial charge < -0.3 is 10.1 Å². The molecule has 166 valence electrons. The normalized spacial score (nSPS) is 11.3. The number of nitrogens with one attached hydrogen (secondary N) is 1. The van der Waals surface area contributed by atoms with Crippen molar-refractivity contribution in [1.29, 1.82) is 0 Å². The summed E-state index contributed by atoms with van der Waals surface area (Å²) in [6.45, 7) is 1.95. The maximum atomic E-state index is 12.6. The van der Waals surface area contributed by atoms with E-state index in [2.05, 4.69) is 15.6 Å². The lowest BCUT2D eigenvalue weighted by molar-refractivity contribution is 0.0520. The quantitative estimate of drug-likeness (QED) is 0.159. The van der Waals surface area contributed by atoms with Crippen LogP contribution in [0.1, 0.15) is 17.4 Å². The molecule has 0 fully saturated rings. The fourth-order valence-corrected chi connectivity index (χ4v) is 3.97. The number of amidine groups is 1. The number of carbonyl (C=O) groups excluding carboxylic acids is 1. The summed E-state index contributed by atoms with van der Waals surface area (Å²) in [5, 5.41) is 12.6. The Morgan fingerprint density at radius 2 is 1.70 bits per heavy atom. The predicted octanol–water partition coefficient (Wildman–Crippen LogP) is 5.99. The van der Waals surface area contributed by atoms with Gasteiger partial charge >= 0.3 is 5.97 Å². The molecule has 1 aromatic heterocycles. The number of halogens is 1. The zero-order valence-electron chi connectivity index (χ0n) is 17.7. The first-order valence-corrected chi connectivity index (χ1v) is 11.4. The van der Waals surface area contributed by atoms with E-state index in [1.807, 2.05) is 84.9 Å². The third-order valence-electron chi connectivity index (χ3n) is 4.39. The van der Waals surface area contributed by atoms with Crippen LogP contribution in [0, 0.1) is 0 Å². The van der Waals surface area contributed by atoms with Crippen molar-refractivity contribution in [3.8, 4) is 5.69 Å². The molecule has 0 amide bonds. The van der Waals surface area contributed by atoms with Crippen molar-refractivity contribution < 1.29 is 9.53 Å². The second kappa shape index (κ2) is 10.8. The molecule has 0 spiro atoms. The van der Waals surface area contributed by atoms with Crippen molar-refractivity contribution in [1.82, 2.24) is 15.0 Å². The fraction of sp³-hybridized carbons (Fsp3) is 0.0833. The Labute approximate surface area is 200 Å². The van der Waals surface area contributed by atoms with Gasteiger partial charge in [0.1, 0.15) is 0 Å². The summed E-state index contributed by atoms with van der Waals surface area (Å²) in [5.41, 5.74) is 1.56. The van der Waals surface area contributed by atoms with Crippen molar-refractivity contribution in [2.45, 2.75) is 11.8 Å².